The Hall–Kier alpha value is -2.10. The Kier molecular flexibility index (Phi) is 14.6. The second-order valence-electron chi connectivity index (χ2n) is 8.05. The van der Waals surface area contributed by atoms with E-state index in [1.807, 2.05) is 32.6 Å². The quantitative estimate of drug-likeness (QED) is 0.204. The maximum absolute atomic E-state index is 12.5. The number of carbonyl (C=O) groups excluding carboxylic acids is 5. The maximum atomic E-state index is 12.5. The van der Waals surface area contributed by atoms with Crippen LogP contribution in [0.1, 0.15) is 66.2 Å². The summed E-state index contributed by atoms with van der Waals surface area (Å²) in [5.41, 5.74) is -0.403. The molecule has 0 bridgehead atoms. The molecule has 10 heteroatoms. The fourth-order valence-electron chi connectivity index (χ4n) is 2.93. The summed E-state index contributed by atoms with van der Waals surface area (Å²) in [6.07, 6.45) is 2.38. The number of rotatable bonds is 15. The fourth-order valence-corrected chi connectivity index (χ4v) is 3.76. The summed E-state index contributed by atoms with van der Waals surface area (Å²) in [7, 11) is 3.12. The number of hydrogen-bond donors (Lipinski definition) is 0. The molecule has 0 rings (SSSR count). The van der Waals surface area contributed by atoms with E-state index in [2.05, 4.69) is 0 Å². The molecule has 0 atom stereocenters. The van der Waals surface area contributed by atoms with E-state index >= 15 is 0 Å². The van der Waals surface area contributed by atoms with Gasteiger partial charge in [0, 0.05) is 69.9 Å². The summed E-state index contributed by atoms with van der Waals surface area (Å²) in [6.45, 7) is 8.77. The van der Waals surface area contributed by atoms with Gasteiger partial charge in [0.2, 0.25) is 11.8 Å². The van der Waals surface area contributed by atoms with Crippen molar-refractivity contribution in [3.05, 3.63) is 0 Å². The van der Waals surface area contributed by atoms with E-state index in [9.17, 15) is 24.0 Å². The Labute approximate surface area is 196 Å². The molecule has 0 saturated carbocycles. The van der Waals surface area contributed by atoms with Gasteiger partial charge in [-0.3, -0.25) is 14.4 Å². The van der Waals surface area contributed by atoms with E-state index < -0.39 is 17.4 Å². The molecule has 0 aromatic rings. The van der Waals surface area contributed by atoms with Crippen molar-refractivity contribution in [2.75, 3.05) is 38.7 Å². The minimum absolute atomic E-state index is 0.00149. The molecule has 0 aliphatic rings. The van der Waals surface area contributed by atoms with Crippen molar-refractivity contribution in [2.24, 2.45) is 0 Å². The van der Waals surface area contributed by atoms with Gasteiger partial charge in [0.05, 0.1) is 6.42 Å². The molecule has 0 saturated heterocycles. The molecule has 9 nitrogen and oxygen atoms in total. The molecular weight excluding hydrogens is 434 g/mol. The van der Waals surface area contributed by atoms with Gasteiger partial charge in [-0.25, -0.2) is 4.79 Å². The van der Waals surface area contributed by atoms with Gasteiger partial charge in [0.25, 0.3) is 5.91 Å². The van der Waals surface area contributed by atoms with Crippen LogP contribution in [0.5, 0.6) is 0 Å². The highest BCUT2D eigenvalue weighted by Gasteiger charge is 2.30. The first kappa shape index (κ1) is 29.9. The highest BCUT2D eigenvalue weighted by atomic mass is 32.2. The summed E-state index contributed by atoms with van der Waals surface area (Å²) >= 11 is 1.53. The molecule has 0 aromatic heterocycles. The van der Waals surface area contributed by atoms with Crippen molar-refractivity contribution in [3.8, 4) is 0 Å². The average molecular weight is 474 g/mol. The highest BCUT2D eigenvalue weighted by molar-refractivity contribution is 7.99. The Morgan fingerprint density at radius 2 is 1.53 bits per heavy atom. The van der Waals surface area contributed by atoms with E-state index in [0.717, 1.165) is 5.06 Å². The van der Waals surface area contributed by atoms with Gasteiger partial charge in [-0.1, -0.05) is 13.8 Å². The molecule has 0 N–H and O–H groups in total. The number of carbonyl (C=O) groups is 5. The van der Waals surface area contributed by atoms with Crippen LogP contribution in [0.25, 0.3) is 0 Å². The van der Waals surface area contributed by atoms with Crippen molar-refractivity contribution in [2.45, 2.75) is 71.8 Å². The van der Waals surface area contributed by atoms with Crippen LogP contribution >= 0.6 is 11.8 Å². The highest BCUT2D eigenvalue weighted by Crippen LogP contribution is 2.21. The zero-order chi connectivity index (χ0) is 24.7. The summed E-state index contributed by atoms with van der Waals surface area (Å²) in [5, 5.41) is 0.862. The second kappa shape index (κ2) is 15.7. The smallest absolute Gasteiger partial charge is 0.333 e. The number of nitrogens with zero attached hydrogens (tertiary/aromatic N) is 3. The topological polar surface area (TPSA) is 104 Å². The van der Waals surface area contributed by atoms with Crippen LogP contribution in [0.3, 0.4) is 0 Å². The first-order valence-corrected chi connectivity index (χ1v) is 12.2. The van der Waals surface area contributed by atoms with E-state index in [4.69, 9.17) is 4.84 Å². The van der Waals surface area contributed by atoms with Crippen LogP contribution in [0.15, 0.2) is 0 Å². The number of aldehydes is 1. The molecule has 184 valence electrons. The predicted molar refractivity (Wildman–Crippen MR) is 125 cm³/mol. The first-order chi connectivity index (χ1) is 15.0. The van der Waals surface area contributed by atoms with Gasteiger partial charge in [0.1, 0.15) is 6.29 Å². The van der Waals surface area contributed by atoms with Crippen molar-refractivity contribution in [1.29, 1.82) is 0 Å². The summed E-state index contributed by atoms with van der Waals surface area (Å²) in [6, 6.07) is 0. The standard InChI is InChI=1S/C22H39N3O6S/c1-7-18(27)23(5)13-12-22(3,4)25(19(28)8-2)14-17-32-16-11-21(30)31-24(6)20(29)10-9-15-26/h15H,7-14,16-17H2,1-6H3. The Morgan fingerprint density at radius 3 is 2.09 bits per heavy atom. The molecule has 0 aliphatic carbocycles. The second-order valence-corrected chi connectivity index (χ2v) is 9.28. The van der Waals surface area contributed by atoms with Gasteiger partial charge in [-0.15, -0.1) is 0 Å². The first-order valence-electron chi connectivity index (χ1n) is 11.0. The van der Waals surface area contributed by atoms with Crippen molar-refractivity contribution in [3.63, 3.8) is 0 Å². The van der Waals surface area contributed by atoms with E-state index in [1.165, 1.54) is 18.8 Å². The minimum atomic E-state index is -0.523. The zero-order valence-electron chi connectivity index (χ0n) is 20.3. The van der Waals surface area contributed by atoms with Crippen molar-refractivity contribution < 1.29 is 28.8 Å². The summed E-state index contributed by atoms with van der Waals surface area (Å²) in [4.78, 5) is 66.7. The third kappa shape index (κ3) is 11.5. The van der Waals surface area contributed by atoms with Crippen LogP contribution < -0.4 is 0 Å². The fraction of sp³-hybridized carbons (Fsp3) is 0.773. The molecule has 0 heterocycles. The third-order valence-corrected chi connectivity index (χ3v) is 6.06. The Bertz CT molecular complexity index is 641. The molecule has 0 aliphatic heterocycles. The molecule has 0 aromatic carbocycles. The van der Waals surface area contributed by atoms with Crippen molar-refractivity contribution in [1.82, 2.24) is 14.9 Å². The third-order valence-electron chi connectivity index (χ3n) is 5.10. The summed E-state index contributed by atoms with van der Waals surface area (Å²) in [5.74, 6) is 0.325. The van der Waals surface area contributed by atoms with Gasteiger partial charge < -0.3 is 19.4 Å². The molecule has 0 fully saturated rings. The molecular formula is C22H39N3O6S. The van der Waals surface area contributed by atoms with E-state index in [1.54, 1.807) is 11.9 Å². The zero-order valence-corrected chi connectivity index (χ0v) is 21.2. The lowest BCUT2D eigenvalue weighted by Gasteiger charge is -2.39. The summed E-state index contributed by atoms with van der Waals surface area (Å²) < 4.78 is 0. The number of amides is 3. The number of hydroxylamine groups is 2. The lowest BCUT2D eigenvalue weighted by atomic mass is 9.97. The molecule has 0 radical (unpaired) electrons. The van der Waals surface area contributed by atoms with E-state index in [0.29, 0.717) is 50.1 Å². The normalized spacial score (nSPS) is 10.9. The van der Waals surface area contributed by atoms with E-state index in [-0.39, 0.29) is 31.1 Å². The van der Waals surface area contributed by atoms with Crippen molar-refractivity contribution >= 4 is 41.7 Å². The largest absolute Gasteiger partial charge is 0.346 e. The molecule has 0 spiro atoms. The Balaban J connectivity index is 4.51. The van der Waals surface area contributed by atoms with Crippen LogP contribution in [0.4, 0.5) is 0 Å². The number of hydrogen-bond acceptors (Lipinski definition) is 7. The van der Waals surface area contributed by atoms with Gasteiger partial charge in [-0.2, -0.15) is 16.8 Å². The van der Waals surface area contributed by atoms with Crippen LogP contribution in [0.2, 0.25) is 0 Å². The van der Waals surface area contributed by atoms with Crippen LogP contribution in [-0.2, 0) is 28.8 Å². The molecule has 3 amide bonds. The van der Waals surface area contributed by atoms with Crippen LogP contribution in [-0.4, -0.2) is 89.1 Å². The van der Waals surface area contributed by atoms with Gasteiger partial charge in [-0.05, 0) is 20.3 Å². The SMILES string of the molecule is CCC(=O)N(C)CCC(C)(C)N(CCSCCC(=O)ON(C)C(=O)CCC=O)C(=O)CC. The monoisotopic (exact) mass is 473 g/mol. The lowest BCUT2D eigenvalue weighted by Crippen LogP contribution is -2.50. The Morgan fingerprint density at radius 1 is 0.906 bits per heavy atom. The van der Waals surface area contributed by atoms with Gasteiger partial charge in [0.15, 0.2) is 0 Å². The lowest BCUT2D eigenvalue weighted by molar-refractivity contribution is -0.192. The van der Waals surface area contributed by atoms with Crippen LogP contribution in [0, 0.1) is 0 Å². The average Bonchev–Trinajstić information content (AvgIpc) is 2.76. The van der Waals surface area contributed by atoms with Gasteiger partial charge >= 0.3 is 5.97 Å². The minimum Gasteiger partial charge on any atom is -0.346 e. The molecule has 0 unspecified atom stereocenters. The predicted octanol–water partition coefficient (Wildman–Crippen LogP) is 2.28. The number of thioether (sulfide) groups is 1. The maximum Gasteiger partial charge on any atom is 0.333 e. The molecule has 32 heavy (non-hydrogen) atoms.